The standard InChI is InChI=1S/C11H26N2O2/c1-6-7-13(9-8-12(2)3)10-11(14-4)15-5/h11H,6-10H2,1-5H3. The minimum atomic E-state index is -0.112. The fourth-order valence-corrected chi connectivity index (χ4v) is 1.41. The zero-order chi connectivity index (χ0) is 11.7. The second-order valence-corrected chi connectivity index (χ2v) is 4.00. The lowest BCUT2D eigenvalue weighted by Gasteiger charge is -2.26. The topological polar surface area (TPSA) is 24.9 Å². The molecule has 0 heterocycles. The van der Waals surface area contributed by atoms with Gasteiger partial charge in [0.2, 0.25) is 0 Å². The second kappa shape index (κ2) is 9.09. The van der Waals surface area contributed by atoms with Gasteiger partial charge in [0, 0.05) is 33.9 Å². The molecular weight excluding hydrogens is 192 g/mol. The molecule has 0 unspecified atom stereocenters. The van der Waals surface area contributed by atoms with Gasteiger partial charge in [0.15, 0.2) is 6.29 Å². The maximum absolute atomic E-state index is 5.21. The molecule has 0 rings (SSSR count). The summed E-state index contributed by atoms with van der Waals surface area (Å²) >= 11 is 0. The average molecular weight is 218 g/mol. The molecule has 0 aromatic heterocycles. The highest BCUT2D eigenvalue weighted by molar-refractivity contribution is 4.61. The van der Waals surface area contributed by atoms with E-state index < -0.39 is 0 Å². The summed E-state index contributed by atoms with van der Waals surface area (Å²) in [6.07, 6.45) is 1.05. The van der Waals surface area contributed by atoms with E-state index in [9.17, 15) is 0 Å². The van der Waals surface area contributed by atoms with Gasteiger partial charge in [-0.3, -0.25) is 4.90 Å². The van der Waals surface area contributed by atoms with Crippen molar-refractivity contribution < 1.29 is 9.47 Å². The van der Waals surface area contributed by atoms with Crippen molar-refractivity contribution in [3.8, 4) is 0 Å². The van der Waals surface area contributed by atoms with Gasteiger partial charge in [-0.25, -0.2) is 0 Å². The first-order chi connectivity index (χ1) is 7.13. The maximum Gasteiger partial charge on any atom is 0.169 e. The molecule has 0 aliphatic heterocycles. The van der Waals surface area contributed by atoms with Crippen LogP contribution in [0.25, 0.3) is 0 Å². The van der Waals surface area contributed by atoms with Crippen molar-refractivity contribution >= 4 is 0 Å². The number of likely N-dealkylation sites (N-methyl/N-ethyl adjacent to an activating group) is 1. The number of nitrogens with zero attached hydrogens (tertiary/aromatic N) is 2. The summed E-state index contributed by atoms with van der Waals surface area (Å²) in [6, 6.07) is 0. The minimum Gasteiger partial charge on any atom is -0.355 e. The smallest absolute Gasteiger partial charge is 0.169 e. The quantitative estimate of drug-likeness (QED) is 0.536. The van der Waals surface area contributed by atoms with Crippen LogP contribution in [-0.4, -0.2) is 70.6 Å². The Morgan fingerprint density at radius 1 is 1.00 bits per heavy atom. The molecule has 0 aromatic carbocycles. The Labute approximate surface area is 94.1 Å². The summed E-state index contributed by atoms with van der Waals surface area (Å²) in [6.45, 7) is 6.26. The Kier molecular flexibility index (Phi) is 9.00. The summed E-state index contributed by atoms with van der Waals surface area (Å²) in [7, 11) is 7.55. The van der Waals surface area contributed by atoms with E-state index in [0.717, 1.165) is 32.6 Å². The lowest BCUT2D eigenvalue weighted by molar-refractivity contribution is -0.116. The molecule has 0 aliphatic rings. The summed E-state index contributed by atoms with van der Waals surface area (Å²) < 4.78 is 10.4. The number of hydrogen-bond donors (Lipinski definition) is 0. The van der Waals surface area contributed by atoms with E-state index in [1.54, 1.807) is 14.2 Å². The van der Waals surface area contributed by atoms with Gasteiger partial charge >= 0.3 is 0 Å². The fourth-order valence-electron chi connectivity index (χ4n) is 1.41. The molecule has 0 saturated carbocycles. The molecular formula is C11H26N2O2. The molecule has 4 nitrogen and oxygen atoms in total. The van der Waals surface area contributed by atoms with Crippen LogP contribution in [0.15, 0.2) is 0 Å². The van der Waals surface area contributed by atoms with Crippen LogP contribution in [-0.2, 0) is 9.47 Å². The van der Waals surface area contributed by atoms with Gasteiger partial charge in [-0.2, -0.15) is 0 Å². The molecule has 0 N–H and O–H groups in total. The highest BCUT2D eigenvalue weighted by Gasteiger charge is 2.11. The number of methoxy groups -OCH3 is 2. The van der Waals surface area contributed by atoms with Gasteiger partial charge in [-0.1, -0.05) is 6.92 Å². The Hall–Kier alpha value is -0.160. The lowest BCUT2D eigenvalue weighted by Crippen LogP contribution is -2.39. The molecule has 0 amide bonds. The first kappa shape index (κ1) is 14.8. The molecule has 0 saturated heterocycles. The van der Waals surface area contributed by atoms with Crippen LogP contribution in [0.5, 0.6) is 0 Å². The molecule has 0 spiro atoms. The van der Waals surface area contributed by atoms with E-state index in [4.69, 9.17) is 9.47 Å². The molecule has 0 bridgehead atoms. The third-order valence-electron chi connectivity index (χ3n) is 2.34. The lowest BCUT2D eigenvalue weighted by atomic mass is 10.3. The minimum absolute atomic E-state index is 0.112. The van der Waals surface area contributed by atoms with Gasteiger partial charge in [0.25, 0.3) is 0 Å². The van der Waals surface area contributed by atoms with Gasteiger partial charge < -0.3 is 14.4 Å². The third-order valence-corrected chi connectivity index (χ3v) is 2.34. The summed E-state index contributed by atoms with van der Waals surface area (Å²) in [5.74, 6) is 0. The largest absolute Gasteiger partial charge is 0.355 e. The van der Waals surface area contributed by atoms with Crippen molar-refractivity contribution in [1.82, 2.24) is 9.80 Å². The summed E-state index contributed by atoms with van der Waals surface area (Å²) in [5.41, 5.74) is 0. The van der Waals surface area contributed by atoms with Crippen LogP contribution in [0.1, 0.15) is 13.3 Å². The van der Waals surface area contributed by atoms with E-state index in [0.29, 0.717) is 0 Å². The molecule has 4 heteroatoms. The van der Waals surface area contributed by atoms with Crippen molar-refractivity contribution in [2.24, 2.45) is 0 Å². The molecule has 0 fully saturated rings. The maximum atomic E-state index is 5.21. The summed E-state index contributed by atoms with van der Waals surface area (Å²) in [5, 5.41) is 0. The molecule has 0 radical (unpaired) electrons. The zero-order valence-electron chi connectivity index (χ0n) is 10.8. The molecule has 0 atom stereocenters. The number of hydrogen-bond acceptors (Lipinski definition) is 4. The van der Waals surface area contributed by atoms with Gasteiger partial charge in [-0.05, 0) is 27.1 Å². The van der Waals surface area contributed by atoms with Gasteiger partial charge in [0.05, 0.1) is 0 Å². The van der Waals surface area contributed by atoms with Gasteiger partial charge in [-0.15, -0.1) is 0 Å². The SMILES string of the molecule is CCCN(CCN(C)C)CC(OC)OC. The van der Waals surface area contributed by atoms with Crippen molar-refractivity contribution in [2.75, 3.05) is 54.5 Å². The molecule has 92 valence electrons. The monoisotopic (exact) mass is 218 g/mol. The van der Waals surface area contributed by atoms with Crippen molar-refractivity contribution in [1.29, 1.82) is 0 Å². The molecule has 15 heavy (non-hydrogen) atoms. The first-order valence-corrected chi connectivity index (χ1v) is 5.56. The van der Waals surface area contributed by atoms with Crippen molar-refractivity contribution in [3.05, 3.63) is 0 Å². The third kappa shape index (κ3) is 7.73. The molecule has 0 aliphatic carbocycles. The van der Waals surface area contributed by atoms with E-state index in [2.05, 4.69) is 30.8 Å². The van der Waals surface area contributed by atoms with Crippen LogP contribution in [0, 0.1) is 0 Å². The van der Waals surface area contributed by atoms with Crippen LogP contribution in [0.4, 0.5) is 0 Å². The van der Waals surface area contributed by atoms with E-state index in [1.807, 2.05) is 0 Å². The summed E-state index contributed by atoms with van der Waals surface area (Å²) in [4.78, 5) is 4.56. The van der Waals surface area contributed by atoms with Crippen LogP contribution in [0.3, 0.4) is 0 Å². The van der Waals surface area contributed by atoms with E-state index in [-0.39, 0.29) is 6.29 Å². The molecule has 0 aromatic rings. The van der Waals surface area contributed by atoms with E-state index in [1.165, 1.54) is 0 Å². The van der Waals surface area contributed by atoms with Crippen LogP contribution in [0.2, 0.25) is 0 Å². The number of rotatable bonds is 9. The Morgan fingerprint density at radius 3 is 2.00 bits per heavy atom. The first-order valence-electron chi connectivity index (χ1n) is 5.56. The predicted molar refractivity (Wildman–Crippen MR) is 63.1 cm³/mol. The van der Waals surface area contributed by atoms with Gasteiger partial charge in [0.1, 0.15) is 0 Å². The van der Waals surface area contributed by atoms with Crippen LogP contribution >= 0.6 is 0 Å². The Balaban J connectivity index is 3.90. The normalized spacial score (nSPS) is 12.0. The van der Waals surface area contributed by atoms with E-state index >= 15 is 0 Å². The Morgan fingerprint density at radius 2 is 1.60 bits per heavy atom. The number of ether oxygens (including phenoxy) is 2. The highest BCUT2D eigenvalue weighted by Crippen LogP contribution is 1.99. The van der Waals surface area contributed by atoms with Crippen molar-refractivity contribution in [2.45, 2.75) is 19.6 Å². The Bertz CT molecular complexity index is 139. The fraction of sp³-hybridized carbons (Fsp3) is 1.00. The zero-order valence-corrected chi connectivity index (χ0v) is 10.8. The second-order valence-electron chi connectivity index (χ2n) is 4.00. The average Bonchev–Trinajstić information content (AvgIpc) is 2.22. The highest BCUT2D eigenvalue weighted by atomic mass is 16.7. The van der Waals surface area contributed by atoms with Crippen LogP contribution < -0.4 is 0 Å². The van der Waals surface area contributed by atoms with Crippen molar-refractivity contribution in [3.63, 3.8) is 0 Å². The predicted octanol–water partition coefficient (Wildman–Crippen LogP) is 0.879.